The number of carbonyl (C=O) groups excluding carboxylic acids is 1. The molecule has 5 heteroatoms. The van der Waals surface area contributed by atoms with E-state index in [0.29, 0.717) is 31.8 Å². The molecule has 1 aliphatic heterocycles. The average Bonchev–Trinajstić information content (AvgIpc) is 2.96. The van der Waals surface area contributed by atoms with Crippen LogP contribution in [0.25, 0.3) is 0 Å². The van der Waals surface area contributed by atoms with Crippen LogP contribution in [0.3, 0.4) is 0 Å². The van der Waals surface area contributed by atoms with E-state index in [1.54, 1.807) is 0 Å². The maximum absolute atomic E-state index is 12.5. The summed E-state index contributed by atoms with van der Waals surface area (Å²) in [5.74, 6) is -0.642. The summed E-state index contributed by atoms with van der Waals surface area (Å²) in [7, 11) is 0. The van der Waals surface area contributed by atoms with Crippen LogP contribution in [0.2, 0.25) is 0 Å². The molecule has 2 N–H and O–H groups in total. The van der Waals surface area contributed by atoms with Crippen molar-refractivity contribution in [1.82, 2.24) is 5.32 Å². The zero-order valence-electron chi connectivity index (χ0n) is 13.1. The molecule has 2 fully saturated rings. The Hall–Kier alpha value is -1.10. The zero-order chi connectivity index (χ0) is 15.5. The molecule has 1 saturated carbocycles. The van der Waals surface area contributed by atoms with Crippen LogP contribution in [0.15, 0.2) is 0 Å². The predicted octanol–water partition coefficient (Wildman–Crippen LogP) is 2.34. The molecule has 1 amide bonds. The Balaban J connectivity index is 2.03. The standard InChI is InChI=1S/C16H27NO4/c1-3-11-5-8-16(9-6-11,15(19)20)17-14(18)12-7-10-21-13(12)4-2/h11-13H,3-10H2,1-2H3,(H,17,18)(H,19,20). The highest BCUT2D eigenvalue weighted by molar-refractivity contribution is 5.88. The molecule has 1 heterocycles. The molecule has 21 heavy (non-hydrogen) atoms. The smallest absolute Gasteiger partial charge is 0.329 e. The van der Waals surface area contributed by atoms with Crippen molar-refractivity contribution >= 4 is 11.9 Å². The van der Waals surface area contributed by atoms with Gasteiger partial charge in [0, 0.05) is 6.61 Å². The minimum absolute atomic E-state index is 0.0668. The van der Waals surface area contributed by atoms with Gasteiger partial charge < -0.3 is 15.2 Å². The lowest BCUT2D eigenvalue weighted by Crippen LogP contribution is -2.58. The summed E-state index contributed by atoms with van der Waals surface area (Å²) >= 11 is 0. The highest BCUT2D eigenvalue weighted by Gasteiger charge is 2.45. The monoisotopic (exact) mass is 297 g/mol. The molecule has 2 rings (SSSR count). The van der Waals surface area contributed by atoms with Gasteiger partial charge in [-0.3, -0.25) is 4.79 Å². The second-order valence-electron chi connectivity index (χ2n) is 6.44. The number of hydrogen-bond donors (Lipinski definition) is 2. The molecule has 2 unspecified atom stereocenters. The van der Waals surface area contributed by atoms with E-state index in [-0.39, 0.29) is 17.9 Å². The predicted molar refractivity (Wildman–Crippen MR) is 78.9 cm³/mol. The highest BCUT2D eigenvalue weighted by atomic mass is 16.5. The van der Waals surface area contributed by atoms with Crippen LogP contribution >= 0.6 is 0 Å². The third-order valence-corrected chi connectivity index (χ3v) is 5.26. The van der Waals surface area contributed by atoms with E-state index in [0.717, 1.165) is 25.7 Å². The molecule has 0 aromatic rings. The van der Waals surface area contributed by atoms with Crippen LogP contribution in [-0.4, -0.2) is 35.2 Å². The molecule has 0 radical (unpaired) electrons. The third kappa shape index (κ3) is 3.39. The van der Waals surface area contributed by atoms with Crippen LogP contribution in [0, 0.1) is 11.8 Å². The molecular weight excluding hydrogens is 270 g/mol. The van der Waals surface area contributed by atoms with Crippen molar-refractivity contribution in [3.63, 3.8) is 0 Å². The topological polar surface area (TPSA) is 75.6 Å². The first-order valence-corrected chi connectivity index (χ1v) is 8.19. The van der Waals surface area contributed by atoms with Gasteiger partial charge in [0.2, 0.25) is 5.91 Å². The number of amides is 1. The first kappa shape index (κ1) is 16.3. The van der Waals surface area contributed by atoms with Gasteiger partial charge in [-0.05, 0) is 44.4 Å². The van der Waals surface area contributed by atoms with Crippen molar-refractivity contribution in [2.45, 2.75) is 70.4 Å². The Morgan fingerprint density at radius 3 is 2.38 bits per heavy atom. The lowest BCUT2D eigenvalue weighted by molar-refractivity contribution is -0.150. The van der Waals surface area contributed by atoms with Gasteiger partial charge in [0.1, 0.15) is 5.54 Å². The molecule has 0 aromatic carbocycles. The van der Waals surface area contributed by atoms with Crippen molar-refractivity contribution in [2.24, 2.45) is 11.8 Å². The quantitative estimate of drug-likeness (QED) is 0.816. The fraction of sp³-hybridized carbons (Fsp3) is 0.875. The van der Waals surface area contributed by atoms with Gasteiger partial charge in [-0.1, -0.05) is 20.3 Å². The van der Waals surface area contributed by atoms with E-state index in [4.69, 9.17) is 4.74 Å². The average molecular weight is 297 g/mol. The fourth-order valence-corrected chi connectivity index (χ4v) is 3.65. The highest BCUT2D eigenvalue weighted by Crippen LogP contribution is 2.35. The molecule has 2 atom stereocenters. The Morgan fingerprint density at radius 2 is 1.86 bits per heavy atom. The number of hydrogen-bond acceptors (Lipinski definition) is 3. The molecule has 120 valence electrons. The van der Waals surface area contributed by atoms with E-state index in [1.165, 1.54) is 0 Å². The van der Waals surface area contributed by atoms with Gasteiger partial charge in [0.05, 0.1) is 12.0 Å². The van der Waals surface area contributed by atoms with Crippen molar-refractivity contribution in [3.8, 4) is 0 Å². The van der Waals surface area contributed by atoms with E-state index in [2.05, 4.69) is 12.2 Å². The molecule has 0 aromatic heterocycles. The van der Waals surface area contributed by atoms with E-state index in [9.17, 15) is 14.7 Å². The molecule has 0 bridgehead atoms. The maximum atomic E-state index is 12.5. The van der Waals surface area contributed by atoms with Gasteiger partial charge in [0.25, 0.3) is 0 Å². The van der Waals surface area contributed by atoms with E-state index < -0.39 is 11.5 Å². The third-order valence-electron chi connectivity index (χ3n) is 5.26. The van der Waals surface area contributed by atoms with Gasteiger partial charge >= 0.3 is 5.97 Å². The summed E-state index contributed by atoms with van der Waals surface area (Å²) in [6.07, 6.45) is 5.32. The van der Waals surface area contributed by atoms with Crippen LogP contribution in [0.4, 0.5) is 0 Å². The Labute approximate surface area is 126 Å². The van der Waals surface area contributed by atoms with Gasteiger partial charge in [-0.15, -0.1) is 0 Å². The minimum atomic E-state index is -1.07. The van der Waals surface area contributed by atoms with Crippen molar-refractivity contribution in [1.29, 1.82) is 0 Å². The summed E-state index contributed by atoms with van der Waals surface area (Å²) in [4.78, 5) is 24.2. The maximum Gasteiger partial charge on any atom is 0.329 e. The van der Waals surface area contributed by atoms with Crippen LogP contribution in [-0.2, 0) is 14.3 Å². The van der Waals surface area contributed by atoms with Crippen molar-refractivity contribution in [3.05, 3.63) is 0 Å². The van der Waals surface area contributed by atoms with E-state index >= 15 is 0 Å². The lowest BCUT2D eigenvalue weighted by atomic mass is 9.75. The molecular formula is C16H27NO4. The number of rotatable bonds is 5. The second-order valence-corrected chi connectivity index (χ2v) is 6.44. The molecule has 2 aliphatic rings. The van der Waals surface area contributed by atoms with Gasteiger partial charge in [-0.25, -0.2) is 4.79 Å². The summed E-state index contributed by atoms with van der Waals surface area (Å²) in [6, 6.07) is 0. The Kier molecular flexibility index (Phi) is 5.25. The number of carbonyl (C=O) groups is 2. The number of nitrogens with one attached hydrogen (secondary N) is 1. The number of aliphatic carboxylic acids is 1. The molecule has 1 saturated heterocycles. The number of ether oxygens (including phenoxy) is 1. The largest absolute Gasteiger partial charge is 0.480 e. The van der Waals surface area contributed by atoms with Crippen LogP contribution < -0.4 is 5.32 Å². The minimum Gasteiger partial charge on any atom is -0.480 e. The summed E-state index contributed by atoms with van der Waals surface area (Å²) in [6.45, 7) is 4.73. The Bertz CT molecular complexity index is 388. The van der Waals surface area contributed by atoms with Gasteiger partial charge in [0.15, 0.2) is 0 Å². The van der Waals surface area contributed by atoms with Crippen LogP contribution in [0.5, 0.6) is 0 Å². The molecule has 0 spiro atoms. The second kappa shape index (κ2) is 6.77. The summed E-state index contributed by atoms with van der Waals surface area (Å²) in [5.41, 5.74) is -1.07. The molecule has 5 nitrogen and oxygen atoms in total. The first-order valence-electron chi connectivity index (χ1n) is 8.19. The number of carboxylic acid groups (broad SMARTS) is 1. The zero-order valence-corrected chi connectivity index (χ0v) is 13.1. The van der Waals surface area contributed by atoms with Gasteiger partial charge in [-0.2, -0.15) is 0 Å². The van der Waals surface area contributed by atoms with Crippen LogP contribution in [0.1, 0.15) is 58.8 Å². The van der Waals surface area contributed by atoms with E-state index in [1.807, 2.05) is 6.92 Å². The van der Waals surface area contributed by atoms with Crippen molar-refractivity contribution < 1.29 is 19.4 Å². The summed E-state index contributed by atoms with van der Waals surface area (Å²) < 4.78 is 5.54. The fourth-order valence-electron chi connectivity index (χ4n) is 3.65. The SMILES string of the molecule is CCC1CCC(NC(=O)C2CCOC2CC)(C(=O)O)CC1. The first-order chi connectivity index (χ1) is 10.0. The normalized spacial score (nSPS) is 36.4. The lowest BCUT2D eigenvalue weighted by Gasteiger charge is -2.38. The Morgan fingerprint density at radius 1 is 1.19 bits per heavy atom. The number of carboxylic acids is 1. The van der Waals surface area contributed by atoms with Crippen molar-refractivity contribution in [2.75, 3.05) is 6.61 Å². The molecule has 1 aliphatic carbocycles. The summed E-state index contributed by atoms with van der Waals surface area (Å²) in [5, 5.41) is 12.5.